The van der Waals surface area contributed by atoms with Crippen molar-refractivity contribution in [2.45, 2.75) is 57.3 Å². The Morgan fingerprint density at radius 2 is 1.85 bits per heavy atom. The molecule has 1 unspecified atom stereocenters. The van der Waals surface area contributed by atoms with Gasteiger partial charge in [-0.3, -0.25) is 24.6 Å². The summed E-state index contributed by atoms with van der Waals surface area (Å²) in [7, 11) is 0. The highest BCUT2D eigenvalue weighted by Crippen LogP contribution is 2.36. The van der Waals surface area contributed by atoms with E-state index in [1.54, 1.807) is 11.0 Å². The fourth-order valence-corrected chi connectivity index (χ4v) is 5.26. The second kappa shape index (κ2) is 8.39. The van der Waals surface area contributed by atoms with Crippen LogP contribution in [-0.2, 0) is 28.3 Å². The topological polar surface area (TPSA) is 89.9 Å². The lowest BCUT2D eigenvalue weighted by molar-refractivity contribution is -0.136. The predicted molar refractivity (Wildman–Crippen MR) is 122 cm³/mol. The number of fused-ring (bicyclic) bond motifs is 1. The molecule has 7 nitrogen and oxygen atoms in total. The highest BCUT2D eigenvalue weighted by Gasteiger charge is 2.40. The van der Waals surface area contributed by atoms with Crippen molar-refractivity contribution >= 4 is 17.7 Å². The number of imide groups is 1. The van der Waals surface area contributed by atoms with Crippen LogP contribution in [0.1, 0.15) is 58.3 Å². The molecule has 1 atom stereocenters. The van der Waals surface area contributed by atoms with Gasteiger partial charge < -0.3 is 10.0 Å². The highest BCUT2D eigenvalue weighted by atomic mass is 16.3. The molecule has 2 fully saturated rings. The average Bonchev–Trinajstić information content (AvgIpc) is 3.12. The number of carbonyl (C=O) groups is 3. The molecule has 0 saturated carbocycles. The Labute approximate surface area is 193 Å². The zero-order valence-corrected chi connectivity index (χ0v) is 18.8. The molecular weight excluding hydrogens is 418 g/mol. The number of piperidine rings is 2. The minimum absolute atomic E-state index is 0.189. The van der Waals surface area contributed by atoms with Gasteiger partial charge in [0, 0.05) is 38.2 Å². The molecule has 0 spiro atoms. The quantitative estimate of drug-likeness (QED) is 0.702. The van der Waals surface area contributed by atoms with Crippen molar-refractivity contribution in [2.24, 2.45) is 0 Å². The summed E-state index contributed by atoms with van der Waals surface area (Å²) in [6, 6.07) is 13.3. The van der Waals surface area contributed by atoms with Crippen LogP contribution in [0.2, 0.25) is 0 Å². The van der Waals surface area contributed by atoms with Crippen LogP contribution in [0.15, 0.2) is 42.5 Å². The number of aliphatic hydroxyl groups is 1. The van der Waals surface area contributed by atoms with E-state index in [1.165, 1.54) is 11.1 Å². The number of likely N-dealkylation sites (tertiary alicyclic amines) is 1. The Hall–Kier alpha value is -3.03. The van der Waals surface area contributed by atoms with E-state index >= 15 is 0 Å². The smallest absolute Gasteiger partial charge is 0.255 e. The normalized spacial score (nSPS) is 22.9. The molecule has 2 aromatic carbocycles. The van der Waals surface area contributed by atoms with Gasteiger partial charge >= 0.3 is 0 Å². The molecule has 172 valence electrons. The van der Waals surface area contributed by atoms with Crippen LogP contribution in [-0.4, -0.2) is 51.8 Å². The first-order chi connectivity index (χ1) is 15.8. The Balaban J connectivity index is 1.28. The van der Waals surface area contributed by atoms with E-state index in [0.29, 0.717) is 31.4 Å². The van der Waals surface area contributed by atoms with E-state index in [1.807, 2.05) is 18.2 Å². The van der Waals surface area contributed by atoms with Crippen LogP contribution in [0.4, 0.5) is 0 Å². The summed E-state index contributed by atoms with van der Waals surface area (Å²) in [5, 5.41) is 13.8. The SMILES string of the molecule is Cc1ccccc1CN1CCC(O)(c2ccc3c(c2)CN(C2CCC(=O)NC2=O)C3=O)CC1. The minimum Gasteiger partial charge on any atom is -0.385 e. The van der Waals surface area contributed by atoms with Crippen LogP contribution < -0.4 is 5.32 Å². The molecule has 0 radical (unpaired) electrons. The van der Waals surface area contributed by atoms with Gasteiger partial charge in [0.2, 0.25) is 11.8 Å². The molecule has 0 bridgehead atoms. The van der Waals surface area contributed by atoms with Crippen molar-refractivity contribution in [2.75, 3.05) is 13.1 Å². The maximum absolute atomic E-state index is 12.9. The van der Waals surface area contributed by atoms with E-state index < -0.39 is 17.6 Å². The van der Waals surface area contributed by atoms with Gasteiger partial charge in [0.05, 0.1) is 5.60 Å². The van der Waals surface area contributed by atoms with E-state index in [9.17, 15) is 19.5 Å². The number of hydrogen-bond acceptors (Lipinski definition) is 5. The maximum atomic E-state index is 12.9. The monoisotopic (exact) mass is 447 g/mol. The van der Waals surface area contributed by atoms with Gasteiger partial charge in [-0.25, -0.2) is 0 Å². The second-order valence-corrected chi connectivity index (χ2v) is 9.51. The molecular formula is C26H29N3O4. The first kappa shape index (κ1) is 21.8. The third-order valence-corrected chi connectivity index (χ3v) is 7.40. The van der Waals surface area contributed by atoms with Crippen molar-refractivity contribution in [3.8, 4) is 0 Å². The highest BCUT2D eigenvalue weighted by molar-refractivity contribution is 6.05. The van der Waals surface area contributed by atoms with Crippen molar-refractivity contribution in [1.29, 1.82) is 0 Å². The van der Waals surface area contributed by atoms with Gasteiger partial charge in [0.1, 0.15) is 6.04 Å². The molecule has 3 heterocycles. The first-order valence-corrected chi connectivity index (χ1v) is 11.6. The first-order valence-electron chi connectivity index (χ1n) is 11.6. The van der Waals surface area contributed by atoms with E-state index in [2.05, 4.69) is 35.3 Å². The summed E-state index contributed by atoms with van der Waals surface area (Å²) < 4.78 is 0. The molecule has 2 N–H and O–H groups in total. The molecule has 3 aliphatic heterocycles. The van der Waals surface area contributed by atoms with Crippen LogP contribution in [0.5, 0.6) is 0 Å². The summed E-state index contributed by atoms with van der Waals surface area (Å²) in [6.45, 7) is 4.91. The van der Waals surface area contributed by atoms with Gasteiger partial charge in [0.15, 0.2) is 0 Å². The van der Waals surface area contributed by atoms with Crippen molar-refractivity contribution in [3.63, 3.8) is 0 Å². The molecule has 3 aliphatic rings. The number of aryl methyl sites for hydroxylation is 1. The molecule has 3 amide bonds. The lowest BCUT2D eigenvalue weighted by Crippen LogP contribution is -2.52. The fraction of sp³-hybridized carbons (Fsp3) is 0.423. The Bertz CT molecular complexity index is 1120. The maximum Gasteiger partial charge on any atom is 0.255 e. The third kappa shape index (κ3) is 4.07. The lowest BCUT2D eigenvalue weighted by atomic mass is 9.83. The van der Waals surface area contributed by atoms with Crippen LogP contribution >= 0.6 is 0 Å². The molecule has 5 rings (SSSR count). The zero-order valence-electron chi connectivity index (χ0n) is 18.8. The molecule has 2 saturated heterocycles. The fourth-order valence-electron chi connectivity index (χ4n) is 5.26. The van der Waals surface area contributed by atoms with Gasteiger partial charge in [-0.2, -0.15) is 0 Å². The summed E-state index contributed by atoms with van der Waals surface area (Å²) in [6.07, 6.45) is 1.84. The number of nitrogens with one attached hydrogen (secondary N) is 1. The average molecular weight is 448 g/mol. The summed E-state index contributed by atoms with van der Waals surface area (Å²) in [5.41, 5.74) is 3.90. The van der Waals surface area contributed by atoms with Crippen LogP contribution in [0, 0.1) is 6.92 Å². The van der Waals surface area contributed by atoms with Gasteiger partial charge in [0.25, 0.3) is 5.91 Å². The second-order valence-electron chi connectivity index (χ2n) is 9.51. The Morgan fingerprint density at radius 1 is 1.09 bits per heavy atom. The number of rotatable bonds is 4. The van der Waals surface area contributed by atoms with E-state index in [4.69, 9.17) is 0 Å². The van der Waals surface area contributed by atoms with Crippen LogP contribution in [0.3, 0.4) is 0 Å². The molecule has 0 aliphatic carbocycles. The van der Waals surface area contributed by atoms with Crippen molar-refractivity contribution in [1.82, 2.24) is 15.1 Å². The molecule has 7 heteroatoms. The number of benzene rings is 2. The number of amides is 3. The Morgan fingerprint density at radius 3 is 2.58 bits per heavy atom. The summed E-state index contributed by atoms with van der Waals surface area (Å²) >= 11 is 0. The summed E-state index contributed by atoms with van der Waals surface area (Å²) in [4.78, 5) is 40.6. The van der Waals surface area contributed by atoms with Crippen LogP contribution in [0.25, 0.3) is 0 Å². The predicted octanol–water partition coefficient (Wildman–Crippen LogP) is 2.24. The van der Waals surface area contributed by atoms with Crippen molar-refractivity contribution in [3.05, 3.63) is 70.3 Å². The molecule has 0 aromatic heterocycles. The number of hydrogen-bond donors (Lipinski definition) is 2. The van der Waals surface area contributed by atoms with Gasteiger partial charge in [-0.05, 0) is 54.5 Å². The van der Waals surface area contributed by atoms with E-state index in [-0.39, 0.29) is 18.2 Å². The zero-order chi connectivity index (χ0) is 23.2. The molecule has 2 aromatic rings. The standard InChI is InChI=1S/C26H29N3O4/c1-17-4-2-3-5-18(17)15-28-12-10-26(33,11-13-28)20-6-7-21-19(14-20)16-29(25(21)32)22-8-9-23(30)27-24(22)31/h2-7,14,22,33H,8-13,15-16H2,1H3,(H,27,30,31). The molecule has 33 heavy (non-hydrogen) atoms. The largest absolute Gasteiger partial charge is 0.385 e. The third-order valence-electron chi connectivity index (χ3n) is 7.40. The number of carbonyl (C=O) groups excluding carboxylic acids is 3. The lowest BCUT2D eigenvalue weighted by Gasteiger charge is -2.39. The summed E-state index contributed by atoms with van der Waals surface area (Å²) in [5.74, 6) is -0.892. The van der Waals surface area contributed by atoms with Gasteiger partial charge in [-0.1, -0.05) is 36.4 Å². The van der Waals surface area contributed by atoms with Crippen molar-refractivity contribution < 1.29 is 19.5 Å². The number of nitrogens with zero attached hydrogens (tertiary/aromatic N) is 2. The Kier molecular flexibility index (Phi) is 5.54. The van der Waals surface area contributed by atoms with E-state index in [0.717, 1.165) is 30.8 Å². The van der Waals surface area contributed by atoms with Gasteiger partial charge in [-0.15, -0.1) is 0 Å². The minimum atomic E-state index is -0.928.